The minimum Gasteiger partial charge on any atom is -0.314 e. The molecular formula is C17H36N2. The molecule has 2 nitrogen and oxygen atoms in total. The second-order valence-corrected chi connectivity index (χ2v) is 6.78. The predicted octanol–water partition coefficient (Wildman–Crippen LogP) is 4.05. The molecule has 1 aliphatic rings. The molecule has 0 heterocycles. The quantitative estimate of drug-likeness (QED) is 0.569. The van der Waals surface area contributed by atoms with Gasteiger partial charge in [0, 0.05) is 24.7 Å². The zero-order chi connectivity index (χ0) is 14.3. The third kappa shape index (κ3) is 6.76. The summed E-state index contributed by atoms with van der Waals surface area (Å²) in [6.07, 6.45) is 8.04. The lowest BCUT2D eigenvalue weighted by molar-refractivity contribution is 0.111. The summed E-state index contributed by atoms with van der Waals surface area (Å²) >= 11 is 0. The highest BCUT2D eigenvalue weighted by molar-refractivity contribution is 4.81. The van der Waals surface area contributed by atoms with Crippen molar-refractivity contribution in [3.8, 4) is 0 Å². The largest absolute Gasteiger partial charge is 0.314 e. The van der Waals surface area contributed by atoms with Crippen LogP contribution in [0.5, 0.6) is 0 Å². The Kier molecular flexibility index (Phi) is 8.01. The van der Waals surface area contributed by atoms with Crippen molar-refractivity contribution in [2.75, 3.05) is 13.1 Å². The zero-order valence-corrected chi connectivity index (χ0v) is 13.9. The summed E-state index contributed by atoms with van der Waals surface area (Å²) in [5, 5.41) is 3.63. The first-order valence-corrected chi connectivity index (χ1v) is 8.57. The lowest BCUT2D eigenvalue weighted by Crippen LogP contribution is -2.43. The van der Waals surface area contributed by atoms with Gasteiger partial charge >= 0.3 is 0 Å². The van der Waals surface area contributed by atoms with E-state index in [0.29, 0.717) is 0 Å². The van der Waals surface area contributed by atoms with Crippen molar-refractivity contribution in [1.29, 1.82) is 0 Å². The monoisotopic (exact) mass is 268 g/mol. The summed E-state index contributed by atoms with van der Waals surface area (Å²) in [5.41, 5.74) is 0. The van der Waals surface area contributed by atoms with Crippen molar-refractivity contribution < 1.29 is 0 Å². The van der Waals surface area contributed by atoms with Gasteiger partial charge in [-0.05, 0) is 57.9 Å². The molecule has 0 aliphatic heterocycles. The maximum Gasteiger partial charge on any atom is 0.00929 e. The molecule has 19 heavy (non-hydrogen) atoms. The van der Waals surface area contributed by atoms with Crippen molar-refractivity contribution in [2.45, 2.75) is 91.3 Å². The number of hydrogen-bond acceptors (Lipinski definition) is 2. The third-order valence-corrected chi connectivity index (χ3v) is 4.36. The highest BCUT2D eigenvalue weighted by atomic mass is 15.2. The summed E-state index contributed by atoms with van der Waals surface area (Å²) < 4.78 is 0. The lowest BCUT2D eigenvalue weighted by atomic mass is 10.0. The molecule has 0 radical (unpaired) electrons. The van der Waals surface area contributed by atoms with Gasteiger partial charge < -0.3 is 5.32 Å². The van der Waals surface area contributed by atoms with Crippen LogP contribution >= 0.6 is 0 Å². The Labute approximate surface area is 121 Å². The van der Waals surface area contributed by atoms with E-state index >= 15 is 0 Å². The van der Waals surface area contributed by atoms with Crippen molar-refractivity contribution in [3.05, 3.63) is 0 Å². The predicted molar refractivity (Wildman–Crippen MR) is 85.6 cm³/mol. The average molecular weight is 268 g/mol. The average Bonchev–Trinajstić information content (AvgIpc) is 3.18. The molecule has 1 aliphatic carbocycles. The topological polar surface area (TPSA) is 15.3 Å². The van der Waals surface area contributed by atoms with Gasteiger partial charge in [-0.1, -0.05) is 27.7 Å². The van der Waals surface area contributed by atoms with E-state index in [1.54, 1.807) is 0 Å². The Bertz CT molecular complexity index is 219. The van der Waals surface area contributed by atoms with Gasteiger partial charge in [0.1, 0.15) is 0 Å². The molecule has 1 saturated carbocycles. The fourth-order valence-corrected chi connectivity index (χ4v) is 3.03. The third-order valence-electron chi connectivity index (χ3n) is 4.36. The molecular weight excluding hydrogens is 232 g/mol. The first-order chi connectivity index (χ1) is 9.08. The standard InChI is InChI=1S/C17H36N2/c1-6-17(7-2)19(13-14(3)4)15(5)9-8-12-18-16-10-11-16/h14-18H,6-13H2,1-5H3. The maximum atomic E-state index is 3.63. The van der Waals surface area contributed by atoms with Crippen molar-refractivity contribution in [2.24, 2.45) is 5.92 Å². The Morgan fingerprint density at radius 2 is 1.74 bits per heavy atom. The summed E-state index contributed by atoms with van der Waals surface area (Å²) in [4.78, 5) is 2.77. The summed E-state index contributed by atoms with van der Waals surface area (Å²) in [6, 6.07) is 2.36. The van der Waals surface area contributed by atoms with Crippen LogP contribution in [-0.4, -0.2) is 36.1 Å². The summed E-state index contributed by atoms with van der Waals surface area (Å²) in [7, 11) is 0. The van der Waals surface area contributed by atoms with Crippen LogP contribution in [0.1, 0.15) is 73.1 Å². The highest BCUT2D eigenvalue weighted by Gasteiger charge is 2.22. The van der Waals surface area contributed by atoms with Crippen molar-refractivity contribution in [3.63, 3.8) is 0 Å². The van der Waals surface area contributed by atoms with Gasteiger partial charge in [0.2, 0.25) is 0 Å². The van der Waals surface area contributed by atoms with Gasteiger partial charge in [0.25, 0.3) is 0 Å². The van der Waals surface area contributed by atoms with Gasteiger partial charge in [0.05, 0.1) is 0 Å². The van der Waals surface area contributed by atoms with Crippen LogP contribution in [0, 0.1) is 5.92 Å². The van der Waals surface area contributed by atoms with E-state index < -0.39 is 0 Å². The van der Waals surface area contributed by atoms with E-state index in [2.05, 4.69) is 44.8 Å². The highest BCUT2D eigenvalue weighted by Crippen LogP contribution is 2.20. The summed E-state index contributed by atoms with van der Waals surface area (Å²) in [6.45, 7) is 14.3. The molecule has 0 saturated heterocycles. The Morgan fingerprint density at radius 1 is 1.11 bits per heavy atom. The Morgan fingerprint density at radius 3 is 2.21 bits per heavy atom. The smallest absolute Gasteiger partial charge is 0.00929 e. The van der Waals surface area contributed by atoms with Crippen LogP contribution in [0.4, 0.5) is 0 Å². The SMILES string of the molecule is CCC(CC)N(CC(C)C)C(C)CCCNC1CC1. The molecule has 0 aromatic rings. The van der Waals surface area contributed by atoms with Gasteiger partial charge in [-0.2, -0.15) is 0 Å². The van der Waals surface area contributed by atoms with Crippen LogP contribution in [-0.2, 0) is 0 Å². The second-order valence-electron chi connectivity index (χ2n) is 6.78. The van der Waals surface area contributed by atoms with Gasteiger partial charge in [0.15, 0.2) is 0 Å². The van der Waals surface area contributed by atoms with E-state index in [-0.39, 0.29) is 0 Å². The zero-order valence-electron chi connectivity index (χ0n) is 13.9. The Balaban J connectivity index is 2.32. The molecule has 1 fully saturated rings. The first kappa shape index (κ1) is 17.0. The van der Waals surface area contributed by atoms with Crippen LogP contribution in [0.15, 0.2) is 0 Å². The van der Waals surface area contributed by atoms with E-state index in [0.717, 1.165) is 24.0 Å². The Hall–Kier alpha value is -0.0800. The minimum atomic E-state index is 0.730. The van der Waals surface area contributed by atoms with Crippen LogP contribution in [0.3, 0.4) is 0 Å². The van der Waals surface area contributed by atoms with Crippen LogP contribution in [0.2, 0.25) is 0 Å². The molecule has 1 rings (SSSR count). The molecule has 114 valence electrons. The fourth-order valence-electron chi connectivity index (χ4n) is 3.03. The van der Waals surface area contributed by atoms with Crippen molar-refractivity contribution >= 4 is 0 Å². The number of nitrogens with zero attached hydrogens (tertiary/aromatic N) is 1. The molecule has 0 spiro atoms. The van der Waals surface area contributed by atoms with Crippen LogP contribution in [0.25, 0.3) is 0 Å². The molecule has 0 bridgehead atoms. The van der Waals surface area contributed by atoms with Gasteiger partial charge in [-0.25, -0.2) is 0 Å². The normalized spacial score (nSPS) is 17.7. The summed E-state index contributed by atoms with van der Waals surface area (Å²) in [5.74, 6) is 0.771. The molecule has 1 N–H and O–H groups in total. The molecule has 0 amide bonds. The maximum absolute atomic E-state index is 3.63. The van der Waals surface area contributed by atoms with E-state index in [1.807, 2.05) is 0 Å². The van der Waals surface area contributed by atoms with E-state index in [1.165, 1.54) is 51.6 Å². The molecule has 2 heteroatoms. The van der Waals surface area contributed by atoms with E-state index in [4.69, 9.17) is 0 Å². The lowest BCUT2D eigenvalue weighted by Gasteiger charge is -2.37. The minimum absolute atomic E-state index is 0.730. The van der Waals surface area contributed by atoms with E-state index in [9.17, 15) is 0 Å². The molecule has 0 aromatic carbocycles. The number of hydrogen-bond donors (Lipinski definition) is 1. The van der Waals surface area contributed by atoms with Crippen LogP contribution < -0.4 is 5.32 Å². The van der Waals surface area contributed by atoms with Crippen molar-refractivity contribution in [1.82, 2.24) is 10.2 Å². The number of rotatable bonds is 11. The second kappa shape index (κ2) is 8.97. The molecule has 0 aromatic heterocycles. The molecule has 1 atom stereocenters. The number of nitrogens with one attached hydrogen (secondary N) is 1. The van der Waals surface area contributed by atoms with Gasteiger partial charge in [-0.3, -0.25) is 4.90 Å². The fraction of sp³-hybridized carbons (Fsp3) is 1.00. The molecule has 1 unspecified atom stereocenters. The van der Waals surface area contributed by atoms with Gasteiger partial charge in [-0.15, -0.1) is 0 Å². The first-order valence-electron chi connectivity index (χ1n) is 8.57.